The highest BCUT2D eigenvalue weighted by molar-refractivity contribution is 5.80. The molecule has 1 unspecified atom stereocenters. The Kier molecular flexibility index (Phi) is 11.1. The van der Waals surface area contributed by atoms with Gasteiger partial charge in [0.2, 0.25) is 0 Å². The molecule has 2 heterocycles. The number of hydrogen-bond acceptors (Lipinski definition) is 4. The fourth-order valence-corrected chi connectivity index (χ4v) is 3.96. The van der Waals surface area contributed by atoms with Gasteiger partial charge in [-0.15, -0.1) is 0 Å². The summed E-state index contributed by atoms with van der Waals surface area (Å²) in [5.41, 5.74) is 0. The minimum atomic E-state index is 0.687. The lowest BCUT2D eigenvalue weighted by atomic mass is 10.0. The van der Waals surface area contributed by atoms with Crippen molar-refractivity contribution in [3.8, 4) is 0 Å². The molecule has 0 aliphatic carbocycles. The van der Waals surface area contributed by atoms with E-state index >= 15 is 0 Å². The van der Waals surface area contributed by atoms with E-state index in [4.69, 9.17) is 14.5 Å². The van der Waals surface area contributed by atoms with Crippen molar-refractivity contribution in [2.75, 3.05) is 72.2 Å². The van der Waals surface area contributed by atoms with Crippen molar-refractivity contribution in [3.63, 3.8) is 0 Å². The zero-order valence-corrected chi connectivity index (χ0v) is 17.9. The van der Waals surface area contributed by atoms with Gasteiger partial charge in [0.25, 0.3) is 0 Å². The van der Waals surface area contributed by atoms with Crippen molar-refractivity contribution in [1.29, 1.82) is 0 Å². The first-order valence-electron chi connectivity index (χ1n) is 11.2. The predicted octanol–water partition coefficient (Wildman–Crippen LogP) is 2.45. The maximum atomic E-state index is 5.86. The molecule has 0 radical (unpaired) electrons. The van der Waals surface area contributed by atoms with Crippen LogP contribution in [0.15, 0.2) is 4.99 Å². The Balaban J connectivity index is 1.66. The van der Waals surface area contributed by atoms with Crippen LogP contribution >= 0.6 is 0 Å². The smallest absolute Gasteiger partial charge is 0.193 e. The summed E-state index contributed by atoms with van der Waals surface area (Å²) in [5.74, 6) is 2.53. The molecule has 2 aliphatic heterocycles. The van der Waals surface area contributed by atoms with Gasteiger partial charge < -0.3 is 24.6 Å². The average Bonchev–Trinajstić information content (AvgIpc) is 3.17. The topological polar surface area (TPSA) is 49.3 Å². The van der Waals surface area contributed by atoms with Crippen LogP contribution < -0.4 is 5.32 Å². The van der Waals surface area contributed by atoms with Crippen LogP contribution in [0, 0.1) is 11.8 Å². The molecule has 0 amide bonds. The third kappa shape index (κ3) is 8.36. The van der Waals surface area contributed by atoms with Gasteiger partial charge in [-0.05, 0) is 57.5 Å². The number of aliphatic imine (C=N–C) groups is 1. The standard InChI is InChI=1S/C21H42N4O2/c1-4-22-21(25-12-8-20(17-25)16-24(5-2)6-3)23-11-7-13-27-18-19-9-14-26-15-10-19/h19-20H,4-18H2,1-3H3,(H,22,23). The summed E-state index contributed by atoms with van der Waals surface area (Å²) in [4.78, 5) is 9.83. The maximum absolute atomic E-state index is 5.86. The number of ether oxygens (including phenoxy) is 2. The normalized spacial score (nSPS) is 22.0. The number of hydrogen-bond donors (Lipinski definition) is 1. The Hall–Kier alpha value is -0.850. The molecule has 2 fully saturated rings. The molecule has 6 nitrogen and oxygen atoms in total. The van der Waals surface area contributed by atoms with Gasteiger partial charge in [-0.3, -0.25) is 4.99 Å². The highest BCUT2D eigenvalue weighted by atomic mass is 16.5. The molecular formula is C21H42N4O2. The summed E-state index contributed by atoms with van der Waals surface area (Å²) in [5, 5.41) is 3.48. The highest BCUT2D eigenvalue weighted by Gasteiger charge is 2.25. The molecular weight excluding hydrogens is 340 g/mol. The van der Waals surface area contributed by atoms with Gasteiger partial charge in [-0.25, -0.2) is 0 Å². The molecule has 2 aliphatic rings. The second kappa shape index (κ2) is 13.3. The van der Waals surface area contributed by atoms with Gasteiger partial charge in [0.15, 0.2) is 5.96 Å². The molecule has 27 heavy (non-hydrogen) atoms. The Morgan fingerprint density at radius 3 is 2.63 bits per heavy atom. The first-order valence-corrected chi connectivity index (χ1v) is 11.2. The van der Waals surface area contributed by atoms with E-state index in [9.17, 15) is 0 Å². The van der Waals surface area contributed by atoms with Crippen LogP contribution in [0.2, 0.25) is 0 Å². The molecule has 0 spiro atoms. The minimum Gasteiger partial charge on any atom is -0.381 e. The first-order chi connectivity index (χ1) is 13.3. The highest BCUT2D eigenvalue weighted by Crippen LogP contribution is 2.18. The molecule has 0 aromatic heterocycles. The Morgan fingerprint density at radius 1 is 1.15 bits per heavy atom. The van der Waals surface area contributed by atoms with Crippen molar-refractivity contribution < 1.29 is 9.47 Å². The fourth-order valence-electron chi connectivity index (χ4n) is 3.96. The van der Waals surface area contributed by atoms with Crippen LogP contribution in [0.1, 0.15) is 46.5 Å². The number of rotatable bonds is 11. The van der Waals surface area contributed by atoms with Crippen molar-refractivity contribution in [1.82, 2.24) is 15.1 Å². The van der Waals surface area contributed by atoms with Crippen LogP contribution in [0.25, 0.3) is 0 Å². The van der Waals surface area contributed by atoms with Crippen LogP contribution in [0.3, 0.4) is 0 Å². The molecule has 1 atom stereocenters. The number of likely N-dealkylation sites (tertiary alicyclic amines) is 1. The largest absolute Gasteiger partial charge is 0.381 e. The Bertz CT molecular complexity index is 409. The molecule has 158 valence electrons. The second-order valence-corrected chi connectivity index (χ2v) is 7.81. The zero-order chi connectivity index (χ0) is 19.3. The maximum Gasteiger partial charge on any atom is 0.193 e. The van der Waals surface area contributed by atoms with Gasteiger partial charge in [0.05, 0.1) is 0 Å². The monoisotopic (exact) mass is 382 g/mol. The van der Waals surface area contributed by atoms with Crippen molar-refractivity contribution in [2.24, 2.45) is 16.8 Å². The van der Waals surface area contributed by atoms with E-state index < -0.39 is 0 Å². The zero-order valence-electron chi connectivity index (χ0n) is 17.9. The van der Waals surface area contributed by atoms with Gasteiger partial charge in [0, 0.05) is 59.2 Å². The second-order valence-electron chi connectivity index (χ2n) is 7.81. The minimum absolute atomic E-state index is 0.687. The van der Waals surface area contributed by atoms with Gasteiger partial charge in [-0.2, -0.15) is 0 Å². The molecule has 0 saturated carbocycles. The van der Waals surface area contributed by atoms with Crippen molar-refractivity contribution in [2.45, 2.75) is 46.5 Å². The summed E-state index contributed by atoms with van der Waals surface area (Å²) in [6.45, 7) is 17.7. The van der Waals surface area contributed by atoms with Crippen LogP contribution in [-0.2, 0) is 9.47 Å². The number of nitrogens with zero attached hydrogens (tertiary/aromatic N) is 3. The van der Waals surface area contributed by atoms with Crippen molar-refractivity contribution >= 4 is 5.96 Å². The third-order valence-corrected chi connectivity index (χ3v) is 5.73. The molecule has 0 bridgehead atoms. The van der Waals surface area contributed by atoms with Gasteiger partial charge in [0.1, 0.15) is 0 Å². The predicted molar refractivity (Wildman–Crippen MR) is 112 cm³/mol. The van der Waals surface area contributed by atoms with E-state index in [0.717, 1.165) is 96.8 Å². The first kappa shape index (κ1) is 22.4. The van der Waals surface area contributed by atoms with E-state index in [1.165, 1.54) is 13.0 Å². The SMILES string of the molecule is CCNC(=NCCCOCC1CCOCC1)N1CCC(CN(CC)CC)C1. The average molecular weight is 383 g/mol. The van der Waals surface area contributed by atoms with E-state index in [2.05, 4.69) is 35.9 Å². The molecule has 0 aromatic carbocycles. The van der Waals surface area contributed by atoms with E-state index in [1.54, 1.807) is 0 Å². The lowest BCUT2D eigenvalue weighted by Gasteiger charge is -2.24. The molecule has 2 rings (SSSR count). The van der Waals surface area contributed by atoms with Gasteiger partial charge >= 0.3 is 0 Å². The summed E-state index contributed by atoms with van der Waals surface area (Å²) in [6, 6.07) is 0. The van der Waals surface area contributed by atoms with Crippen LogP contribution in [-0.4, -0.2) is 88.0 Å². The van der Waals surface area contributed by atoms with Crippen LogP contribution in [0.4, 0.5) is 0 Å². The molecule has 1 N–H and O–H groups in total. The van der Waals surface area contributed by atoms with E-state index in [0.29, 0.717) is 5.92 Å². The van der Waals surface area contributed by atoms with Crippen molar-refractivity contribution in [3.05, 3.63) is 0 Å². The number of nitrogens with one attached hydrogen (secondary N) is 1. The number of guanidine groups is 1. The lowest BCUT2D eigenvalue weighted by Crippen LogP contribution is -2.41. The van der Waals surface area contributed by atoms with Gasteiger partial charge in [-0.1, -0.05) is 13.8 Å². The Morgan fingerprint density at radius 2 is 1.93 bits per heavy atom. The summed E-state index contributed by atoms with van der Waals surface area (Å²) < 4.78 is 11.3. The third-order valence-electron chi connectivity index (χ3n) is 5.73. The summed E-state index contributed by atoms with van der Waals surface area (Å²) in [7, 11) is 0. The van der Waals surface area contributed by atoms with Crippen LogP contribution in [0.5, 0.6) is 0 Å². The Labute approximate surface area is 166 Å². The molecule has 2 saturated heterocycles. The molecule has 0 aromatic rings. The quantitative estimate of drug-likeness (QED) is 0.338. The molecule has 6 heteroatoms. The summed E-state index contributed by atoms with van der Waals surface area (Å²) in [6.07, 6.45) is 4.56. The fraction of sp³-hybridized carbons (Fsp3) is 0.952. The lowest BCUT2D eigenvalue weighted by molar-refractivity contribution is 0.0205. The van der Waals surface area contributed by atoms with E-state index in [1.807, 2.05) is 0 Å². The summed E-state index contributed by atoms with van der Waals surface area (Å²) >= 11 is 0. The van der Waals surface area contributed by atoms with E-state index in [-0.39, 0.29) is 0 Å².